The summed E-state index contributed by atoms with van der Waals surface area (Å²) in [6, 6.07) is 14.6. The van der Waals surface area contributed by atoms with E-state index in [-0.39, 0.29) is 0 Å². The lowest BCUT2D eigenvalue weighted by atomic mass is 10.1. The molecule has 0 saturated heterocycles. The van der Waals surface area contributed by atoms with Crippen LogP contribution in [0.4, 0.5) is 0 Å². The smallest absolute Gasteiger partial charge is 0.0344 e. The van der Waals surface area contributed by atoms with Crippen molar-refractivity contribution in [1.82, 2.24) is 0 Å². The Kier molecular flexibility index (Phi) is 2.23. The molecule has 0 bridgehead atoms. The van der Waals surface area contributed by atoms with Crippen molar-refractivity contribution >= 4 is 16.5 Å². The normalized spacial score (nSPS) is 11.9. The summed E-state index contributed by atoms with van der Waals surface area (Å²) in [6.45, 7) is 1.95. The Morgan fingerprint density at radius 2 is 1.79 bits per heavy atom. The Morgan fingerprint density at radius 1 is 1.07 bits per heavy atom. The number of hydrogen-bond donors (Lipinski definition) is 1. The van der Waals surface area contributed by atoms with Gasteiger partial charge >= 0.3 is 0 Å². The SMILES string of the molecule is C/C=C(\N)c1ccc2ccccc2c1. The van der Waals surface area contributed by atoms with Gasteiger partial charge in [0, 0.05) is 5.70 Å². The van der Waals surface area contributed by atoms with E-state index in [1.807, 2.05) is 25.1 Å². The van der Waals surface area contributed by atoms with E-state index in [0.29, 0.717) is 0 Å². The van der Waals surface area contributed by atoms with Gasteiger partial charge in [0.2, 0.25) is 0 Å². The van der Waals surface area contributed by atoms with Crippen molar-refractivity contribution in [3.05, 3.63) is 54.1 Å². The molecule has 0 fully saturated rings. The van der Waals surface area contributed by atoms with E-state index in [0.717, 1.165) is 11.3 Å². The Bertz CT molecular complexity index is 483. The molecular weight excluding hydrogens is 170 g/mol. The molecule has 1 heteroatoms. The van der Waals surface area contributed by atoms with Crippen LogP contribution in [0.5, 0.6) is 0 Å². The number of nitrogens with two attached hydrogens (primary N) is 1. The van der Waals surface area contributed by atoms with E-state index >= 15 is 0 Å². The van der Waals surface area contributed by atoms with Gasteiger partial charge in [0.15, 0.2) is 0 Å². The summed E-state index contributed by atoms with van der Waals surface area (Å²) in [7, 11) is 0. The summed E-state index contributed by atoms with van der Waals surface area (Å²) in [5, 5.41) is 2.48. The highest BCUT2D eigenvalue weighted by molar-refractivity contribution is 5.85. The van der Waals surface area contributed by atoms with E-state index < -0.39 is 0 Å². The van der Waals surface area contributed by atoms with E-state index in [1.54, 1.807) is 0 Å². The van der Waals surface area contributed by atoms with E-state index in [2.05, 4.69) is 30.3 Å². The number of allylic oxidation sites excluding steroid dienone is 1. The van der Waals surface area contributed by atoms with Crippen LogP contribution in [-0.4, -0.2) is 0 Å². The van der Waals surface area contributed by atoms with Crippen molar-refractivity contribution in [2.75, 3.05) is 0 Å². The van der Waals surface area contributed by atoms with Crippen LogP contribution >= 0.6 is 0 Å². The summed E-state index contributed by atoms with van der Waals surface area (Å²) >= 11 is 0. The molecule has 0 aliphatic rings. The maximum Gasteiger partial charge on any atom is 0.0344 e. The molecule has 2 aromatic carbocycles. The minimum Gasteiger partial charge on any atom is -0.399 e. The van der Waals surface area contributed by atoms with Crippen LogP contribution in [0.3, 0.4) is 0 Å². The predicted octanol–water partition coefficient (Wildman–Crippen LogP) is 3.16. The summed E-state index contributed by atoms with van der Waals surface area (Å²) in [5.74, 6) is 0. The monoisotopic (exact) mass is 183 g/mol. The largest absolute Gasteiger partial charge is 0.399 e. The fraction of sp³-hybridized carbons (Fsp3) is 0.0769. The van der Waals surface area contributed by atoms with Crippen molar-refractivity contribution in [3.63, 3.8) is 0 Å². The van der Waals surface area contributed by atoms with Gasteiger partial charge in [-0.3, -0.25) is 0 Å². The topological polar surface area (TPSA) is 26.0 Å². The molecule has 2 N–H and O–H groups in total. The van der Waals surface area contributed by atoms with Gasteiger partial charge in [0.1, 0.15) is 0 Å². The zero-order valence-electron chi connectivity index (χ0n) is 8.20. The molecule has 70 valence electrons. The zero-order valence-corrected chi connectivity index (χ0v) is 8.20. The van der Waals surface area contributed by atoms with Gasteiger partial charge in [-0.2, -0.15) is 0 Å². The number of rotatable bonds is 1. The van der Waals surface area contributed by atoms with E-state index in [4.69, 9.17) is 5.73 Å². The van der Waals surface area contributed by atoms with Gasteiger partial charge in [0.05, 0.1) is 0 Å². The lowest BCUT2D eigenvalue weighted by Gasteiger charge is -2.03. The Hall–Kier alpha value is -1.76. The minimum absolute atomic E-state index is 0.829. The first-order valence-corrected chi connectivity index (χ1v) is 4.72. The first kappa shape index (κ1) is 8.82. The van der Waals surface area contributed by atoms with Crippen molar-refractivity contribution in [2.24, 2.45) is 5.73 Å². The molecule has 0 aliphatic carbocycles. The standard InChI is InChI=1S/C13H13N/c1-2-13(14)12-8-7-10-5-3-4-6-11(10)9-12/h2-9H,14H2,1H3/b13-2-. The highest BCUT2D eigenvalue weighted by Crippen LogP contribution is 2.18. The van der Waals surface area contributed by atoms with Gasteiger partial charge in [-0.05, 0) is 29.3 Å². The fourth-order valence-corrected chi connectivity index (χ4v) is 1.54. The molecule has 0 atom stereocenters. The summed E-state index contributed by atoms with van der Waals surface area (Å²) in [5.41, 5.74) is 7.76. The average molecular weight is 183 g/mol. The fourth-order valence-electron chi connectivity index (χ4n) is 1.54. The Labute approximate surface area is 83.9 Å². The Balaban J connectivity index is 2.62. The molecule has 0 amide bonds. The van der Waals surface area contributed by atoms with E-state index in [9.17, 15) is 0 Å². The number of fused-ring (bicyclic) bond motifs is 1. The summed E-state index contributed by atoms with van der Waals surface area (Å²) in [4.78, 5) is 0. The summed E-state index contributed by atoms with van der Waals surface area (Å²) in [6.07, 6.45) is 1.92. The van der Waals surface area contributed by atoms with Crippen LogP contribution in [0.2, 0.25) is 0 Å². The quantitative estimate of drug-likeness (QED) is 0.722. The van der Waals surface area contributed by atoms with Crippen LogP contribution in [-0.2, 0) is 0 Å². The second-order valence-electron chi connectivity index (χ2n) is 3.31. The molecule has 0 saturated carbocycles. The van der Waals surface area contributed by atoms with Crippen LogP contribution in [0.15, 0.2) is 48.5 Å². The molecular formula is C13H13N. The van der Waals surface area contributed by atoms with Gasteiger partial charge in [0.25, 0.3) is 0 Å². The van der Waals surface area contributed by atoms with Crippen molar-refractivity contribution < 1.29 is 0 Å². The molecule has 0 heterocycles. The highest BCUT2D eigenvalue weighted by Gasteiger charge is 1.96. The molecule has 0 spiro atoms. The first-order chi connectivity index (χ1) is 6.81. The Morgan fingerprint density at radius 3 is 2.50 bits per heavy atom. The third-order valence-electron chi connectivity index (χ3n) is 2.39. The van der Waals surface area contributed by atoms with Crippen molar-refractivity contribution in [3.8, 4) is 0 Å². The van der Waals surface area contributed by atoms with E-state index in [1.165, 1.54) is 10.8 Å². The molecule has 14 heavy (non-hydrogen) atoms. The third-order valence-corrected chi connectivity index (χ3v) is 2.39. The third kappa shape index (κ3) is 1.49. The van der Waals surface area contributed by atoms with Gasteiger partial charge in [-0.25, -0.2) is 0 Å². The molecule has 0 aromatic heterocycles. The predicted molar refractivity (Wildman–Crippen MR) is 61.8 cm³/mol. The molecule has 0 unspecified atom stereocenters. The molecule has 1 nitrogen and oxygen atoms in total. The zero-order chi connectivity index (χ0) is 9.97. The average Bonchev–Trinajstić information content (AvgIpc) is 2.27. The maximum absolute atomic E-state index is 5.85. The van der Waals surface area contributed by atoms with Crippen LogP contribution in [0, 0.1) is 0 Å². The second kappa shape index (κ2) is 3.54. The number of benzene rings is 2. The number of hydrogen-bond acceptors (Lipinski definition) is 1. The van der Waals surface area contributed by atoms with Gasteiger partial charge in [-0.15, -0.1) is 0 Å². The minimum atomic E-state index is 0.829. The van der Waals surface area contributed by atoms with Crippen LogP contribution in [0.1, 0.15) is 12.5 Å². The lowest BCUT2D eigenvalue weighted by Crippen LogP contribution is -1.94. The molecule has 2 aromatic rings. The van der Waals surface area contributed by atoms with Crippen LogP contribution < -0.4 is 5.73 Å². The molecule has 0 aliphatic heterocycles. The van der Waals surface area contributed by atoms with Crippen molar-refractivity contribution in [2.45, 2.75) is 6.92 Å². The summed E-state index contributed by atoms with van der Waals surface area (Å²) < 4.78 is 0. The van der Waals surface area contributed by atoms with Crippen LogP contribution in [0.25, 0.3) is 16.5 Å². The van der Waals surface area contributed by atoms with Gasteiger partial charge in [-0.1, -0.05) is 42.5 Å². The maximum atomic E-state index is 5.85. The molecule has 2 rings (SSSR count). The van der Waals surface area contributed by atoms with Crippen molar-refractivity contribution in [1.29, 1.82) is 0 Å². The lowest BCUT2D eigenvalue weighted by molar-refractivity contribution is 1.51. The first-order valence-electron chi connectivity index (χ1n) is 4.72. The second-order valence-corrected chi connectivity index (χ2v) is 3.31. The molecule has 0 radical (unpaired) electrons. The van der Waals surface area contributed by atoms with Gasteiger partial charge < -0.3 is 5.73 Å². The highest BCUT2D eigenvalue weighted by atomic mass is 14.6.